The Hall–Kier alpha value is -3.26. The Labute approximate surface area is 174 Å². The minimum absolute atomic E-state index is 0.00172. The third-order valence-electron chi connectivity index (χ3n) is 5.57. The predicted octanol–water partition coefficient (Wildman–Crippen LogP) is 3.55. The molecule has 4 rings (SSSR count). The summed E-state index contributed by atoms with van der Waals surface area (Å²) in [7, 11) is 1.91. The maximum atomic E-state index is 14.7. The van der Waals surface area contributed by atoms with Gasteiger partial charge in [-0.2, -0.15) is 0 Å². The van der Waals surface area contributed by atoms with Crippen molar-refractivity contribution >= 4 is 34.1 Å². The molecular formula is C22H25FN6O. The number of anilines is 3. The zero-order valence-electron chi connectivity index (χ0n) is 16.8. The summed E-state index contributed by atoms with van der Waals surface area (Å²) in [4.78, 5) is 20.6. The second kappa shape index (κ2) is 8.62. The Kier molecular flexibility index (Phi) is 5.76. The van der Waals surface area contributed by atoms with Crippen molar-refractivity contribution in [2.75, 3.05) is 17.7 Å². The van der Waals surface area contributed by atoms with Crippen molar-refractivity contribution in [1.82, 2.24) is 15.3 Å². The van der Waals surface area contributed by atoms with Crippen LogP contribution in [0.25, 0.3) is 10.9 Å². The monoisotopic (exact) mass is 408 g/mol. The number of carbonyl (C=O) groups excluding carboxylic acids is 1. The molecule has 2 heterocycles. The van der Waals surface area contributed by atoms with Gasteiger partial charge < -0.3 is 21.7 Å². The summed E-state index contributed by atoms with van der Waals surface area (Å²) in [6.07, 6.45) is 5.89. The molecule has 1 unspecified atom stereocenters. The molecule has 1 aromatic carbocycles. The van der Waals surface area contributed by atoms with Crippen LogP contribution < -0.4 is 21.7 Å². The highest BCUT2D eigenvalue weighted by Crippen LogP contribution is 2.28. The Morgan fingerprint density at radius 3 is 2.70 bits per heavy atom. The molecule has 0 saturated heterocycles. The van der Waals surface area contributed by atoms with Crippen LogP contribution in [0.5, 0.6) is 0 Å². The van der Waals surface area contributed by atoms with Gasteiger partial charge in [0.05, 0.1) is 11.1 Å². The number of halogens is 1. The molecule has 156 valence electrons. The summed E-state index contributed by atoms with van der Waals surface area (Å²) in [5.74, 6) is -1.02. The van der Waals surface area contributed by atoms with Crippen molar-refractivity contribution in [2.24, 2.45) is 5.73 Å². The van der Waals surface area contributed by atoms with E-state index in [-0.39, 0.29) is 29.3 Å². The van der Waals surface area contributed by atoms with E-state index < -0.39 is 11.7 Å². The van der Waals surface area contributed by atoms with E-state index in [0.29, 0.717) is 5.69 Å². The van der Waals surface area contributed by atoms with Crippen LogP contribution in [0.1, 0.15) is 36.0 Å². The maximum absolute atomic E-state index is 14.7. The molecule has 1 fully saturated rings. The number of nitrogens with zero attached hydrogens (tertiary/aromatic N) is 2. The average molecular weight is 408 g/mol. The fourth-order valence-corrected chi connectivity index (χ4v) is 3.99. The first-order valence-corrected chi connectivity index (χ1v) is 10.1. The molecule has 3 aromatic rings. The van der Waals surface area contributed by atoms with Gasteiger partial charge in [0, 0.05) is 29.4 Å². The number of aromatic nitrogens is 2. The van der Waals surface area contributed by atoms with Crippen LogP contribution in [0.2, 0.25) is 0 Å². The molecule has 2 atom stereocenters. The molecule has 1 amide bonds. The number of fused-ring (bicyclic) bond motifs is 1. The Bertz CT molecular complexity index is 1070. The molecule has 7 nitrogen and oxygen atoms in total. The fraction of sp³-hybridized carbons (Fsp3) is 0.318. The molecule has 0 bridgehead atoms. The van der Waals surface area contributed by atoms with E-state index in [0.717, 1.165) is 42.7 Å². The van der Waals surface area contributed by atoms with E-state index in [1.165, 1.54) is 0 Å². The summed E-state index contributed by atoms with van der Waals surface area (Å²) in [5, 5.41) is 10.6. The van der Waals surface area contributed by atoms with Crippen LogP contribution in [-0.4, -0.2) is 35.0 Å². The van der Waals surface area contributed by atoms with Crippen LogP contribution in [0, 0.1) is 5.82 Å². The standard InChI is InChI=1S/C22H25FN6O/c1-25-18-6-2-3-7-19(18)28-22-16(23)12-15(20(24)30)21(29-22)27-14-8-9-17-13(11-14)5-4-10-26-17/h4-5,8-12,18-19,25H,2-3,6-7H2,1H3,(H2,24,30)(H2,27,28,29)/t18-,19?/m0/s1. The van der Waals surface area contributed by atoms with E-state index in [1.54, 1.807) is 6.20 Å². The Morgan fingerprint density at radius 1 is 1.13 bits per heavy atom. The van der Waals surface area contributed by atoms with Gasteiger partial charge in [-0.15, -0.1) is 0 Å². The molecule has 0 spiro atoms. The van der Waals surface area contributed by atoms with Crippen molar-refractivity contribution in [3.8, 4) is 0 Å². The van der Waals surface area contributed by atoms with Crippen LogP contribution in [0.15, 0.2) is 42.6 Å². The minimum atomic E-state index is -0.747. The number of nitrogens with one attached hydrogen (secondary N) is 3. The van der Waals surface area contributed by atoms with Crippen molar-refractivity contribution in [1.29, 1.82) is 0 Å². The van der Waals surface area contributed by atoms with E-state index in [1.807, 2.05) is 37.4 Å². The third kappa shape index (κ3) is 4.18. The SMILES string of the molecule is CN[C@H]1CCCCC1Nc1nc(Nc2ccc3ncccc3c2)c(C(N)=O)cc1F. The van der Waals surface area contributed by atoms with Crippen LogP contribution in [0.3, 0.4) is 0 Å². The topological polar surface area (TPSA) is 105 Å². The van der Waals surface area contributed by atoms with E-state index in [9.17, 15) is 9.18 Å². The van der Waals surface area contributed by atoms with Gasteiger partial charge in [-0.25, -0.2) is 9.37 Å². The number of likely N-dealkylation sites (N-methyl/N-ethyl adjacent to an activating group) is 1. The number of pyridine rings is 2. The Morgan fingerprint density at radius 2 is 1.93 bits per heavy atom. The summed E-state index contributed by atoms with van der Waals surface area (Å²) in [6, 6.07) is 10.8. The zero-order chi connectivity index (χ0) is 21.1. The number of primary amides is 1. The maximum Gasteiger partial charge on any atom is 0.252 e. The van der Waals surface area contributed by atoms with E-state index in [2.05, 4.69) is 25.9 Å². The number of carbonyl (C=O) groups is 1. The normalized spacial score (nSPS) is 18.9. The van der Waals surface area contributed by atoms with E-state index >= 15 is 0 Å². The van der Waals surface area contributed by atoms with Gasteiger partial charge in [-0.1, -0.05) is 18.9 Å². The molecule has 1 aliphatic carbocycles. The highest BCUT2D eigenvalue weighted by atomic mass is 19.1. The number of nitrogens with two attached hydrogens (primary N) is 1. The summed E-state index contributed by atoms with van der Waals surface area (Å²) in [6.45, 7) is 0. The summed E-state index contributed by atoms with van der Waals surface area (Å²) >= 11 is 0. The minimum Gasteiger partial charge on any atom is -0.365 e. The lowest BCUT2D eigenvalue weighted by Gasteiger charge is -2.32. The molecule has 2 aromatic heterocycles. The summed E-state index contributed by atoms with van der Waals surface area (Å²) < 4.78 is 14.7. The second-order valence-electron chi connectivity index (χ2n) is 7.55. The molecule has 1 saturated carbocycles. The van der Waals surface area contributed by atoms with Crippen LogP contribution in [-0.2, 0) is 0 Å². The quantitative estimate of drug-likeness (QED) is 0.497. The molecule has 5 N–H and O–H groups in total. The lowest BCUT2D eigenvalue weighted by atomic mass is 9.90. The molecular weight excluding hydrogens is 383 g/mol. The molecule has 30 heavy (non-hydrogen) atoms. The number of rotatable bonds is 6. The van der Waals surface area contributed by atoms with Gasteiger partial charge >= 0.3 is 0 Å². The predicted molar refractivity (Wildman–Crippen MR) is 116 cm³/mol. The molecule has 0 aliphatic heterocycles. The molecule has 8 heteroatoms. The smallest absolute Gasteiger partial charge is 0.252 e. The zero-order valence-corrected chi connectivity index (χ0v) is 16.8. The number of benzene rings is 1. The first kappa shape index (κ1) is 20.0. The van der Waals surface area contributed by atoms with Gasteiger partial charge in [0.2, 0.25) is 0 Å². The van der Waals surface area contributed by atoms with E-state index in [4.69, 9.17) is 5.73 Å². The molecule has 1 aliphatic rings. The third-order valence-corrected chi connectivity index (χ3v) is 5.57. The van der Waals surface area contributed by atoms with Crippen molar-refractivity contribution in [3.05, 3.63) is 54.0 Å². The van der Waals surface area contributed by atoms with Gasteiger partial charge in [0.15, 0.2) is 11.6 Å². The van der Waals surface area contributed by atoms with Gasteiger partial charge in [0.1, 0.15) is 5.82 Å². The second-order valence-corrected chi connectivity index (χ2v) is 7.55. The average Bonchev–Trinajstić information content (AvgIpc) is 2.76. The molecule has 0 radical (unpaired) electrons. The van der Waals surface area contributed by atoms with Gasteiger partial charge in [0.25, 0.3) is 5.91 Å². The fourth-order valence-electron chi connectivity index (χ4n) is 3.99. The summed E-state index contributed by atoms with van der Waals surface area (Å²) in [5.41, 5.74) is 7.03. The van der Waals surface area contributed by atoms with Gasteiger partial charge in [-0.05, 0) is 50.2 Å². The van der Waals surface area contributed by atoms with Gasteiger partial charge in [-0.3, -0.25) is 9.78 Å². The largest absolute Gasteiger partial charge is 0.365 e. The lowest BCUT2D eigenvalue weighted by molar-refractivity contribution is 0.100. The highest BCUT2D eigenvalue weighted by Gasteiger charge is 2.26. The van der Waals surface area contributed by atoms with Crippen molar-refractivity contribution < 1.29 is 9.18 Å². The van der Waals surface area contributed by atoms with Crippen molar-refractivity contribution in [3.63, 3.8) is 0 Å². The lowest BCUT2D eigenvalue weighted by Crippen LogP contribution is -2.45. The van der Waals surface area contributed by atoms with Crippen LogP contribution in [0.4, 0.5) is 21.7 Å². The highest BCUT2D eigenvalue weighted by molar-refractivity contribution is 5.99. The van der Waals surface area contributed by atoms with Crippen molar-refractivity contribution in [2.45, 2.75) is 37.8 Å². The van der Waals surface area contributed by atoms with Crippen LogP contribution >= 0.6 is 0 Å². The first-order valence-electron chi connectivity index (χ1n) is 10.1. The number of amides is 1. The number of hydrogen-bond acceptors (Lipinski definition) is 6. The first-order chi connectivity index (χ1) is 14.5. The Balaban J connectivity index is 1.66. The number of hydrogen-bond donors (Lipinski definition) is 4.